The second-order valence-electron chi connectivity index (χ2n) is 10.3. The molecule has 2 atom stereocenters. The second-order valence-corrected chi connectivity index (χ2v) is 10.8. The molecular weight excluding hydrogens is 477 g/mol. The zero-order chi connectivity index (χ0) is 25.7. The number of likely N-dealkylation sites (tertiary alicyclic amines) is 2. The standard InChI is InChI=1S/C29H39ClFN3O2/c1-3-24(19-33-12-4-5-13-33)36-28-16-20(2)6-9-25(28)21-10-14-34(15-11-21)29(35)27(32)17-22-7-8-23(30)18-26(22)31/h6-9,16,18,21,24,27H,3-5,10-15,17,19,32H2,1-2H3/t24-,27-/m1/s1. The number of carbonyl (C=O) groups excluding carboxylic acids is 1. The lowest BCUT2D eigenvalue weighted by atomic mass is 9.88. The third kappa shape index (κ3) is 6.78. The highest BCUT2D eigenvalue weighted by Crippen LogP contribution is 2.36. The maximum absolute atomic E-state index is 14.2. The van der Waals surface area contributed by atoms with Crippen molar-refractivity contribution in [2.45, 2.75) is 70.4 Å². The summed E-state index contributed by atoms with van der Waals surface area (Å²) in [7, 11) is 0. The number of nitrogens with zero attached hydrogens (tertiary/aromatic N) is 2. The van der Waals surface area contributed by atoms with Crippen LogP contribution >= 0.6 is 11.6 Å². The first-order valence-corrected chi connectivity index (χ1v) is 13.7. The van der Waals surface area contributed by atoms with Gasteiger partial charge in [-0.1, -0.05) is 36.7 Å². The summed E-state index contributed by atoms with van der Waals surface area (Å²) in [5.74, 6) is 0.769. The Bertz CT molecular complexity index is 1040. The Morgan fingerprint density at radius 3 is 2.53 bits per heavy atom. The van der Waals surface area contributed by atoms with Crippen LogP contribution in [-0.2, 0) is 11.2 Å². The number of amides is 1. The lowest BCUT2D eigenvalue weighted by molar-refractivity contribution is -0.133. The Balaban J connectivity index is 1.36. The zero-order valence-electron chi connectivity index (χ0n) is 21.5. The summed E-state index contributed by atoms with van der Waals surface area (Å²) in [5, 5.41) is 0.332. The number of rotatable bonds is 9. The fraction of sp³-hybridized carbons (Fsp3) is 0.552. The minimum atomic E-state index is -0.772. The third-order valence-corrected chi connectivity index (χ3v) is 7.83. The average Bonchev–Trinajstić information content (AvgIpc) is 3.38. The Labute approximate surface area is 219 Å². The van der Waals surface area contributed by atoms with Gasteiger partial charge in [0.15, 0.2) is 0 Å². The van der Waals surface area contributed by atoms with Crippen LogP contribution in [0.25, 0.3) is 0 Å². The van der Waals surface area contributed by atoms with E-state index in [1.54, 1.807) is 12.1 Å². The van der Waals surface area contributed by atoms with Crippen molar-refractivity contribution >= 4 is 17.5 Å². The highest BCUT2D eigenvalue weighted by Gasteiger charge is 2.29. The number of benzene rings is 2. The van der Waals surface area contributed by atoms with Crippen LogP contribution < -0.4 is 10.5 Å². The summed E-state index contributed by atoms with van der Waals surface area (Å²) < 4.78 is 20.8. The van der Waals surface area contributed by atoms with E-state index in [-0.39, 0.29) is 18.4 Å². The van der Waals surface area contributed by atoms with E-state index >= 15 is 0 Å². The van der Waals surface area contributed by atoms with E-state index in [2.05, 4.69) is 36.9 Å². The molecule has 0 spiro atoms. The molecule has 0 aromatic heterocycles. The molecule has 1 amide bonds. The number of nitrogens with two attached hydrogens (primary N) is 1. The van der Waals surface area contributed by atoms with Crippen LogP contribution in [0.15, 0.2) is 36.4 Å². The molecule has 2 N–H and O–H groups in total. The van der Waals surface area contributed by atoms with E-state index in [0.29, 0.717) is 29.6 Å². The predicted octanol–water partition coefficient (Wildman–Crippen LogP) is 5.32. The Kier molecular flexibility index (Phi) is 9.26. The van der Waals surface area contributed by atoms with Gasteiger partial charge in [0, 0.05) is 24.7 Å². The molecule has 2 aliphatic rings. The summed E-state index contributed by atoms with van der Waals surface area (Å²) in [6.45, 7) is 8.88. The fourth-order valence-corrected chi connectivity index (χ4v) is 5.58. The first kappa shape index (κ1) is 26.9. The van der Waals surface area contributed by atoms with Gasteiger partial charge in [-0.2, -0.15) is 0 Å². The molecule has 2 saturated heterocycles. The first-order chi connectivity index (χ1) is 17.3. The molecular formula is C29H39ClFN3O2. The number of piperidine rings is 1. The molecule has 0 aliphatic carbocycles. The predicted molar refractivity (Wildman–Crippen MR) is 143 cm³/mol. The molecule has 7 heteroatoms. The van der Waals surface area contributed by atoms with Crippen molar-refractivity contribution in [1.82, 2.24) is 9.80 Å². The Morgan fingerprint density at radius 2 is 1.86 bits per heavy atom. The first-order valence-electron chi connectivity index (χ1n) is 13.3. The summed E-state index contributed by atoms with van der Waals surface area (Å²) in [6.07, 6.45) is 5.59. The summed E-state index contributed by atoms with van der Waals surface area (Å²) in [6, 6.07) is 10.2. The second kappa shape index (κ2) is 12.4. The van der Waals surface area contributed by atoms with Gasteiger partial charge in [-0.05, 0) is 99.3 Å². The molecule has 2 fully saturated rings. The van der Waals surface area contributed by atoms with Gasteiger partial charge in [-0.15, -0.1) is 0 Å². The van der Waals surface area contributed by atoms with E-state index in [1.807, 2.05) is 4.90 Å². The van der Waals surface area contributed by atoms with Crippen molar-refractivity contribution in [3.8, 4) is 5.75 Å². The molecule has 0 saturated carbocycles. The number of carbonyl (C=O) groups is 1. The van der Waals surface area contributed by atoms with Gasteiger partial charge < -0.3 is 15.4 Å². The Morgan fingerprint density at radius 1 is 1.14 bits per heavy atom. The monoisotopic (exact) mass is 515 g/mol. The van der Waals surface area contributed by atoms with Crippen LogP contribution in [0.5, 0.6) is 5.75 Å². The largest absolute Gasteiger partial charge is 0.489 e. The lowest BCUT2D eigenvalue weighted by Crippen LogP contribution is -2.47. The lowest BCUT2D eigenvalue weighted by Gasteiger charge is -2.35. The zero-order valence-corrected chi connectivity index (χ0v) is 22.3. The van der Waals surface area contributed by atoms with Gasteiger partial charge in [0.2, 0.25) is 5.91 Å². The molecule has 2 aliphatic heterocycles. The molecule has 2 aromatic rings. The van der Waals surface area contributed by atoms with Crippen LogP contribution in [0.1, 0.15) is 61.6 Å². The number of halogens is 2. The molecule has 196 valence electrons. The molecule has 0 bridgehead atoms. The number of hydrogen-bond acceptors (Lipinski definition) is 4. The molecule has 5 nitrogen and oxygen atoms in total. The van der Waals surface area contributed by atoms with Crippen LogP contribution in [-0.4, -0.2) is 60.6 Å². The molecule has 2 aromatic carbocycles. The minimum Gasteiger partial charge on any atom is -0.489 e. The third-order valence-electron chi connectivity index (χ3n) is 7.60. The minimum absolute atomic E-state index is 0.125. The maximum atomic E-state index is 14.2. The van der Waals surface area contributed by atoms with Gasteiger partial charge in [-0.3, -0.25) is 9.69 Å². The van der Waals surface area contributed by atoms with E-state index in [0.717, 1.165) is 31.6 Å². The SMILES string of the molecule is CC[C@H](CN1CCCC1)Oc1cc(C)ccc1C1CCN(C(=O)[C@H](N)Cc2ccc(Cl)cc2F)CC1. The van der Waals surface area contributed by atoms with E-state index in [4.69, 9.17) is 22.1 Å². The van der Waals surface area contributed by atoms with E-state index in [9.17, 15) is 9.18 Å². The smallest absolute Gasteiger partial charge is 0.239 e. The van der Waals surface area contributed by atoms with Crippen molar-refractivity contribution in [2.24, 2.45) is 5.73 Å². The van der Waals surface area contributed by atoms with Gasteiger partial charge in [-0.25, -0.2) is 4.39 Å². The van der Waals surface area contributed by atoms with Crippen molar-refractivity contribution in [3.63, 3.8) is 0 Å². The molecule has 2 heterocycles. The quantitative estimate of drug-likeness (QED) is 0.491. The van der Waals surface area contributed by atoms with E-state index < -0.39 is 11.9 Å². The summed E-state index contributed by atoms with van der Waals surface area (Å²) in [5.41, 5.74) is 9.04. The highest BCUT2D eigenvalue weighted by atomic mass is 35.5. The molecule has 0 unspecified atom stereocenters. The van der Waals surface area contributed by atoms with Crippen molar-refractivity contribution in [2.75, 3.05) is 32.7 Å². The van der Waals surface area contributed by atoms with Crippen LogP contribution in [0.4, 0.5) is 4.39 Å². The van der Waals surface area contributed by atoms with E-state index in [1.165, 1.54) is 43.1 Å². The average molecular weight is 516 g/mol. The van der Waals surface area contributed by atoms with Gasteiger partial charge in [0.1, 0.15) is 17.7 Å². The van der Waals surface area contributed by atoms with Crippen LogP contribution in [0, 0.1) is 12.7 Å². The van der Waals surface area contributed by atoms with Gasteiger partial charge >= 0.3 is 0 Å². The van der Waals surface area contributed by atoms with Gasteiger partial charge in [0.05, 0.1) is 6.04 Å². The van der Waals surface area contributed by atoms with Crippen LogP contribution in [0.3, 0.4) is 0 Å². The van der Waals surface area contributed by atoms with Crippen molar-refractivity contribution in [3.05, 3.63) is 63.9 Å². The molecule has 36 heavy (non-hydrogen) atoms. The normalized spacial score (nSPS) is 18.9. The molecule has 4 rings (SSSR count). The number of hydrogen-bond donors (Lipinski definition) is 1. The topological polar surface area (TPSA) is 58.8 Å². The van der Waals surface area contributed by atoms with Crippen molar-refractivity contribution < 1.29 is 13.9 Å². The number of ether oxygens (including phenoxy) is 1. The summed E-state index contributed by atoms with van der Waals surface area (Å²) >= 11 is 5.84. The fourth-order valence-electron chi connectivity index (χ4n) is 5.42. The highest BCUT2D eigenvalue weighted by molar-refractivity contribution is 6.30. The number of aryl methyl sites for hydroxylation is 1. The molecule has 0 radical (unpaired) electrons. The Hall–Kier alpha value is -2.15. The van der Waals surface area contributed by atoms with Crippen molar-refractivity contribution in [1.29, 1.82) is 0 Å². The van der Waals surface area contributed by atoms with Crippen LogP contribution in [0.2, 0.25) is 5.02 Å². The van der Waals surface area contributed by atoms with Gasteiger partial charge in [0.25, 0.3) is 0 Å². The summed E-state index contributed by atoms with van der Waals surface area (Å²) in [4.78, 5) is 17.3. The maximum Gasteiger partial charge on any atom is 0.239 e.